The van der Waals surface area contributed by atoms with Gasteiger partial charge < -0.3 is 15.2 Å². The van der Waals surface area contributed by atoms with Gasteiger partial charge in [0.05, 0.1) is 12.1 Å². The van der Waals surface area contributed by atoms with Crippen LogP contribution >= 0.6 is 0 Å². The highest BCUT2D eigenvalue weighted by Crippen LogP contribution is 2.28. The number of carbonyl (C=O) groups excluding carboxylic acids is 1. The second kappa shape index (κ2) is 7.67. The van der Waals surface area contributed by atoms with E-state index in [9.17, 15) is 9.90 Å². The maximum absolute atomic E-state index is 11.9. The lowest BCUT2D eigenvalue weighted by atomic mass is 9.84. The summed E-state index contributed by atoms with van der Waals surface area (Å²) in [4.78, 5) is 11.9. The third-order valence-corrected chi connectivity index (χ3v) is 3.67. The van der Waals surface area contributed by atoms with Gasteiger partial charge in [0, 0.05) is 0 Å². The van der Waals surface area contributed by atoms with Gasteiger partial charge in [0.15, 0.2) is 0 Å². The Hall–Kier alpha value is -1.03. The van der Waals surface area contributed by atoms with E-state index >= 15 is 0 Å². The first-order valence-corrected chi connectivity index (χ1v) is 7.62. The molecule has 0 heterocycles. The van der Waals surface area contributed by atoms with E-state index in [4.69, 9.17) is 4.74 Å². The van der Waals surface area contributed by atoms with Gasteiger partial charge in [-0.1, -0.05) is 38.2 Å². The Labute approximate surface area is 122 Å². The molecule has 2 atom stereocenters. The first-order valence-electron chi connectivity index (χ1n) is 7.62. The van der Waals surface area contributed by atoms with Crippen molar-refractivity contribution in [2.24, 2.45) is 5.92 Å². The molecular formula is C16H29NO3. The van der Waals surface area contributed by atoms with Crippen molar-refractivity contribution in [3.05, 3.63) is 12.7 Å². The van der Waals surface area contributed by atoms with Gasteiger partial charge in [0.1, 0.15) is 5.60 Å². The van der Waals surface area contributed by atoms with E-state index in [1.54, 1.807) is 0 Å². The maximum Gasteiger partial charge on any atom is 0.407 e. The third kappa shape index (κ3) is 6.42. The fourth-order valence-corrected chi connectivity index (χ4v) is 2.69. The van der Waals surface area contributed by atoms with E-state index in [1.165, 1.54) is 38.2 Å². The van der Waals surface area contributed by atoms with Crippen LogP contribution in [0.15, 0.2) is 12.7 Å². The van der Waals surface area contributed by atoms with E-state index in [2.05, 4.69) is 11.9 Å². The zero-order chi connectivity index (χ0) is 15.2. The minimum absolute atomic E-state index is 0.314. The standard InChI is InChI=1S/C16H29NO3/c1-5-14(18)13(11-12-9-7-6-8-10-12)17-15(19)20-16(2,3)4/h5,12-14,18H,1,6-11H2,2-4H3,(H,17,19)/t13-,14?/m0/s1. The SMILES string of the molecule is C=CC(O)[C@H](CC1CCCCC1)NC(=O)OC(C)(C)C. The summed E-state index contributed by atoms with van der Waals surface area (Å²) < 4.78 is 5.26. The van der Waals surface area contributed by atoms with E-state index in [0.717, 1.165) is 6.42 Å². The molecular weight excluding hydrogens is 254 g/mol. The molecule has 1 amide bonds. The number of rotatable bonds is 5. The monoisotopic (exact) mass is 283 g/mol. The Morgan fingerprint density at radius 1 is 1.40 bits per heavy atom. The van der Waals surface area contributed by atoms with Crippen molar-refractivity contribution >= 4 is 6.09 Å². The van der Waals surface area contributed by atoms with Crippen molar-refractivity contribution in [3.63, 3.8) is 0 Å². The average molecular weight is 283 g/mol. The van der Waals surface area contributed by atoms with Crippen LogP contribution in [0.25, 0.3) is 0 Å². The Kier molecular flexibility index (Phi) is 6.53. The summed E-state index contributed by atoms with van der Waals surface area (Å²) in [5, 5.41) is 12.8. The van der Waals surface area contributed by atoms with Crippen LogP contribution in [-0.4, -0.2) is 28.9 Å². The minimum atomic E-state index is -0.732. The van der Waals surface area contributed by atoms with Gasteiger partial charge in [-0.2, -0.15) is 0 Å². The molecule has 0 bridgehead atoms. The second-order valence-corrected chi connectivity index (χ2v) is 6.72. The van der Waals surface area contributed by atoms with Crippen molar-refractivity contribution in [1.82, 2.24) is 5.32 Å². The molecule has 0 aromatic heterocycles. The maximum atomic E-state index is 11.9. The number of alkyl carbamates (subject to hydrolysis) is 1. The van der Waals surface area contributed by atoms with Gasteiger partial charge >= 0.3 is 6.09 Å². The topological polar surface area (TPSA) is 58.6 Å². The molecule has 0 saturated heterocycles. The second-order valence-electron chi connectivity index (χ2n) is 6.72. The lowest BCUT2D eigenvalue weighted by Crippen LogP contribution is -2.45. The molecule has 2 N–H and O–H groups in total. The Bertz CT molecular complexity index is 316. The molecule has 1 rings (SSSR count). The predicted octanol–water partition coefficient (Wildman–Crippen LogP) is 3.40. The molecule has 20 heavy (non-hydrogen) atoms. The van der Waals surface area contributed by atoms with Crippen LogP contribution in [0.5, 0.6) is 0 Å². The van der Waals surface area contributed by atoms with Crippen molar-refractivity contribution in [2.75, 3.05) is 0 Å². The first kappa shape index (κ1) is 17.0. The van der Waals surface area contributed by atoms with Gasteiger partial charge in [0.25, 0.3) is 0 Å². The van der Waals surface area contributed by atoms with E-state index in [1.807, 2.05) is 20.8 Å². The zero-order valence-electron chi connectivity index (χ0n) is 13.0. The Balaban J connectivity index is 2.55. The van der Waals surface area contributed by atoms with E-state index in [0.29, 0.717) is 5.92 Å². The summed E-state index contributed by atoms with van der Waals surface area (Å²) in [6.45, 7) is 9.09. The van der Waals surface area contributed by atoms with Crippen molar-refractivity contribution in [3.8, 4) is 0 Å². The van der Waals surface area contributed by atoms with Gasteiger partial charge in [-0.3, -0.25) is 0 Å². The van der Waals surface area contributed by atoms with Crippen LogP contribution in [0.2, 0.25) is 0 Å². The molecule has 1 fully saturated rings. The molecule has 0 spiro atoms. The molecule has 1 aliphatic rings. The number of nitrogens with one attached hydrogen (secondary N) is 1. The summed E-state index contributed by atoms with van der Waals surface area (Å²) >= 11 is 0. The fourth-order valence-electron chi connectivity index (χ4n) is 2.69. The summed E-state index contributed by atoms with van der Waals surface area (Å²) in [5.74, 6) is 0.568. The molecule has 0 radical (unpaired) electrons. The highest BCUT2D eigenvalue weighted by atomic mass is 16.6. The van der Waals surface area contributed by atoms with E-state index in [-0.39, 0.29) is 6.04 Å². The zero-order valence-corrected chi connectivity index (χ0v) is 13.0. The Morgan fingerprint density at radius 2 is 2.00 bits per heavy atom. The van der Waals surface area contributed by atoms with Gasteiger partial charge in [-0.25, -0.2) is 4.79 Å². The van der Waals surface area contributed by atoms with Crippen LogP contribution in [0.1, 0.15) is 59.3 Å². The first-order chi connectivity index (χ1) is 9.31. The van der Waals surface area contributed by atoms with Crippen LogP contribution in [0, 0.1) is 5.92 Å². The fraction of sp³-hybridized carbons (Fsp3) is 0.812. The van der Waals surface area contributed by atoms with Crippen molar-refractivity contribution in [1.29, 1.82) is 0 Å². The smallest absolute Gasteiger partial charge is 0.407 e. The molecule has 1 aliphatic carbocycles. The third-order valence-electron chi connectivity index (χ3n) is 3.67. The summed E-state index contributed by atoms with van der Waals surface area (Å²) in [5.41, 5.74) is -0.529. The quantitative estimate of drug-likeness (QED) is 0.760. The Morgan fingerprint density at radius 3 is 2.50 bits per heavy atom. The highest BCUT2D eigenvalue weighted by molar-refractivity contribution is 5.68. The van der Waals surface area contributed by atoms with Crippen LogP contribution in [0.3, 0.4) is 0 Å². The number of amides is 1. The highest BCUT2D eigenvalue weighted by Gasteiger charge is 2.26. The average Bonchev–Trinajstić information content (AvgIpc) is 2.36. The number of aliphatic hydroxyl groups is 1. The molecule has 116 valence electrons. The van der Waals surface area contributed by atoms with Gasteiger partial charge in [-0.05, 0) is 33.1 Å². The summed E-state index contributed by atoms with van der Waals surface area (Å²) in [6, 6.07) is -0.314. The number of hydrogen-bond donors (Lipinski definition) is 2. The number of hydrogen-bond acceptors (Lipinski definition) is 3. The van der Waals surface area contributed by atoms with Crippen molar-refractivity contribution < 1.29 is 14.6 Å². The van der Waals surface area contributed by atoms with Crippen LogP contribution in [0.4, 0.5) is 4.79 Å². The van der Waals surface area contributed by atoms with E-state index < -0.39 is 17.8 Å². The van der Waals surface area contributed by atoms with Crippen molar-refractivity contribution in [2.45, 2.75) is 77.0 Å². The number of aliphatic hydroxyl groups excluding tert-OH is 1. The molecule has 0 aliphatic heterocycles. The molecule has 1 saturated carbocycles. The lowest BCUT2D eigenvalue weighted by Gasteiger charge is -2.30. The molecule has 1 unspecified atom stereocenters. The largest absolute Gasteiger partial charge is 0.444 e. The summed E-state index contributed by atoms with van der Waals surface area (Å²) in [7, 11) is 0. The van der Waals surface area contributed by atoms with Gasteiger partial charge in [0.2, 0.25) is 0 Å². The molecule has 0 aromatic carbocycles. The lowest BCUT2D eigenvalue weighted by molar-refractivity contribution is 0.0434. The minimum Gasteiger partial charge on any atom is -0.444 e. The number of carbonyl (C=O) groups is 1. The molecule has 4 nitrogen and oxygen atoms in total. The van der Waals surface area contributed by atoms with Gasteiger partial charge in [-0.15, -0.1) is 6.58 Å². The normalized spacial score (nSPS) is 20.0. The van der Waals surface area contributed by atoms with Crippen LogP contribution in [-0.2, 0) is 4.74 Å². The molecule has 0 aromatic rings. The molecule has 4 heteroatoms. The predicted molar refractivity (Wildman–Crippen MR) is 80.6 cm³/mol. The summed E-state index contributed by atoms with van der Waals surface area (Å²) in [6.07, 6.45) is 7.19. The van der Waals surface area contributed by atoms with Crippen LogP contribution < -0.4 is 5.32 Å². The number of ether oxygens (including phenoxy) is 1.